The van der Waals surface area contributed by atoms with Gasteiger partial charge in [-0.3, -0.25) is 86.9 Å². The van der Waals surface area contributed by atoms with Gasteiger partial charge in [-0.25, -0.2) is 5.84 Å². The Morgan fingerprint density at radius 2 is 0.448 bits per heavy atom. The lowest BCUT2D eigenvalue weighted by Gasteiger charge is -2.30. The summed E-state index contributed by atoms with van der Waals surface area (Å²) in [5.41, 5.74) is 44.3. The van der Waals surface area contributed by atoms with Crippen molar-refractivity contribution in [3.05, 3.63) is 35.9 Å². The Morgan fingerprint density at radius 1 is 0.231 bits per heavy atom. The van der Waals surface area contributed by atoms with Crippen molar-refractivity contribution < 1.29 is 81.5 Å². The molecule has 818 valence electrons. The molecule has 0 aliphatic heterocycles. The van der Waals surface area contributed by atoms with Crippen LogP contribution in [-0.4, -0.2) is 243 Å². The van der Waals surface area contributed by atoms with Crippen LogP contribution >= 0.6 is 0 Å². The van der Waals surface area contributed by atoms with E-state index in [2.05, 4.69) is 90.5 Å². The Labute approximate surface area is 850 Å². The van der Waals surface area contributed by atoms with E-state index in [9.17, 15) is 67.1 Å². The van der Waals surface area contributed by atoms with Crippen LogP contribution in [0.3, 0.4) is 0 Å². The van der Waals surface area contributed by atoms with Crippen molar-refractivity contribution in [3.8, 4) is 0 Å². The van der Waals surface area contributed by atoms with Gasteiger partial charge in [0.15, 0.2) is 0 Å². The summed E-state index contributed by atoms with van der Waals surface area (Å²) in [6.45, 7) is 30.9. The number of hydrogen-bond donors (Lipinski definition) is 25. The molecule has 0 aliphatic carbocycles. The first-order valence-electron chi connectivity index (χ1n) is 52.5. The number of benzene rings is 1. The minimum Gasteiger partial charge on any atom is -0.355 e. The third-order valence-electron chi connectivity index (χ3n) is 23.8. The molecule has 0 heterocycles. The summed E-state index contributed by atoms with van der Waals surface area (Å²) in [5, 5.41) is 45.0. The van der Waals surface area contributed by atoms with Crippen LogP contribution in [0.4, 0.5) is 0 Å². The van der Waals surface area contributed by atoms with E-state index in [4.69, 9.17) is 46.0 Å². The quantitative estimate of drug-likeness (QED) is 0.0189. The topological polar surface area (TPSA) is 703 Å². The van der Waals surface area contributed by atoms with Crippen molar-refractivity contribution in [2.75, 3.05) is 52.4 Å². The second-order valence-corrected chi connectivity index (χ2v) is 41.3. The number of nitrogens with two attached hydrogens (primary N) is 8. The number of nitrogens with one attached hydrogen (secondary N) is 17. The largest absolute Gasteiger partial charge is 0.355 e. The molecule has 17 amide bonds. The number of amides is 17. The molecule has 1 aromatic rings. The molecule has 42 nitrogen and oxygen atoms in total. The molecule has 1 rings (SSSR count). The monoisotopic (exact) mass is 2020 g/mol. The molecular formula is C101H187N25O17. The maximum atomic E-state index is 15.0. The third kappa shape index (κ3) is 58.0. The van der Waals surface area contributed by atoms with Crippen LogP contribution in [0.1, 0.15) is 309 Å². The molecule has 42 heteroatoms. The average Bonchev–Trinajstić information content (AvgIpc) is 0.846. The fourth-order valence-electron chi connectivity index (χ4n) is 16.2. The molecule has 33 N–H and O–H groups in total. The van der Waals surface area contributed by atoms with Gasteiger partial charge in [-0.1, -0.05) is 148 Å². The third-order valence-corrected chi connectivity index (χ3v) is 23.8. The molecule has 0 unspecified atom stereocenters. The second kappa shape index (κ2) is 74.7. The summed E-state index contributed by atoms with van der Waals surface area (Å²) in [4.78, 5) is 244. The maximum Gasteiger partial charge on any atom is 0.243 e. The highest BCUT2D eigenvalue weighted by molar-refractivity contribution is 6.01. The van der Waals surface area contributed by atoms with E-state index in [1.807, 2.05) is 111 Å². The molecule has 0 spiro atoms. The van der Waals surface area contributed by atoms with Crippen LogP contribution in [-0.2, 0) is 87.9 Å². The lowest BCUT2D eigenvalue weighted by Crippen LogP contribution is -2.61. The number of rotatable bonds is 79. The molecule has 0 saturated heterocycles. The Kier molecular flexibility index (Phi) is 68.4. The molecule has 1 aromatic carbocycles. The smallest absolute Gasteiger partial charge is 0.243 e. The number of hydrazine groups is 1. The summed E-state index contributed by atoms with van der Waals surface area (Å²) in [6, 6.07) is -9.97. The van der Waals surface area contributed by atoms with Crippen LogP contribution in [0.2, 0.25) is 0 Å². The molecule has 15 atom stereocenters. The zero-order valence-corrected chi connectivity index (χ0v) is 88.8. The van der Waals surface area contributed by atoms with Gasteiger partial charge in [0.2, 0.25) is 100 Å². The lowest BCUT2D eigenvalue weighted by molar-refractivity contribution is -0.137. The summed E-state index contributed by atoms with van der Waals surface area (Å²) in [7, 11) is 0. The summed E-state index contributed by atoms with van der Waals surface area (Å²) < 4.78 is 0. The van der Waals surface area contributed by atoms with Gasteiger partial charge in [-0.15, -0.1) is 0 Å². The van der Waals surface area contributed by atoms with Gasteiger partial charge < -0.3 is 125 Å². The summed E-state index contributed by atoms with van der Waals surface area (Å²) in [6.07, 6.45) is 8.29. The highest BCUT2D eigenvalue weighted by Crippen LogP contribution is 2.20. The molecule has 0 aromatic heterocycles. The Bertz CT molecular complexity index is 3960. The van der Waals surface area contributed by atoms with E-state index < -0.39 is 192 Å². The Hall–Kier alpha value is -10.1. The van der Waals surface area contributed by atoms with E-state index in [-0.39, 0.29) is 176 Å². The summed E-state index contributed by atoms with van der Waals surface area (Å²) >= 11 is 0. The van der Waals surface area contributed by atoms with Crippen molar-refractivity contribution in [3.63, 3.8) is 0 Å². The first-order valence-corrected chi connectivity index (χ1v) is 52.5. The van der Waals surface area contributed by atoms with Crippen LogP contribution in [0.25, 0.3) is 0 Å². The predicted octanol–water partition coefficient (Wildman–Crippen LogP) is 1.27. The van der Waals surface area contributed by atoms with Gasteiger partial charge in [0, 0.05) is 19.4 Å². The van der Waals surface area contributed by atoms with E-state index in [0.717, 1.165) is 0 Å². The normalized spacial score (nSPS) is 14.7. The Morgan fingerprint density at radius 3 is 0.685 bits per heavy atom. The number of carbonyl (C=O) groups excluding carboxylic acids is 17. The predicted molar refractivity (Wildman–Crippen MR) is 555 cm³/mol. The zero-order chi connectivity index (χ0) is 108. The van der Waals surface area contributed by atoms with Crippen LogP contribution < -0.4 is 136 Å². The van der Waals surface area contributed by atoms with Crippen LogP contribution in [0, 0.1) is 47.3 Å². The second-order valence-electron chi connectivity index (χ2n) is 41.3. The van der Waals surface area contributed by atoms with Gasteiger partial charge in [0.25, 0.3) is 0 Å². The van der Waals surface area contributed by atoms with Gasteiger partial charge in [-0.05, 0) is 272 Å². The molecular weight excluding hydrogens is 1840 g/mol. The first kappa shape index (κ1) is 131. The lowest BCUT2D eigenvalue weighted by atomic mass is 9.98. The Balaban J connectivity index is 3.82. The van der Waals surface area contributed by atoms with Gasteiger partial charge in [0.05, 0.1) is 12.6 Å². The van der Waals surface area contributed by atoms with E-state index >= 15 is 14.4 Å². The van der Waals surface area contributed by atoms with Gasteiger partial charge >= 0.3 is 0 Å². The van der Waals surface area contributed by atoms with Crippen molar-refractivity contribution in [1.82, 2.24) is 90.5 Å². The van der Waals surface area contributed by atoms with Crippen molar-refractivity contribution in [2.24, 2.45) is 93.3 Å². The first-order chi connectivity index (χ1) is 67.7. The highest BCUT2D eigenvalue weighted by atomic mass is 16.2. The van der Waals surface area contributed by atoms with Crippen molar-refractivity contribution in [2.45, 2.75) is 400 Å². The average molecular weight is 2020 g/mol. The number of unbranched alkanes of at least 4 members (excludes halogenated alkanes) is 8. The minimum atomic E-state index is -1.36. The summed E-state index contributed by atoms with van der Waals surface area (Å²) in [5.74, 6) is -8.06. The zero-order valence-electron chi connectivity index (χ0n) is 88.8. The molecule has 0 fully saturated rings. The van der Waals surface area contributed by atoms with E-state index in [1.165, 1.54) is 0 Å². The van der Waals surface area contributed by atoms with Crippen LogP contribution in [0.15, 0.2) is 30.3 Å². The number of hydrogen-bond acceptors (Lipinski definition) is 25. The highest BCUT2D eigenvalue weighted by Gasteiger charge is 2.40. The standard InChI is InChI=1S/C101H187N25O17/c1-61(2)51-70(108)87(129)112-72(38-23-29-45-103)89(131)114-74(40-25-31-47-105)91(133)118-80(55-65(9)10)97(139)122-79(54-64(7)8)96(138)117-76(42-27-33-49-107)93(135)120-81(56-66(11)12)98(140)121-78(53-63(5)6)95(137)116-73(39-24-30-46-104)90(132)115-75(41-26-32-48-106)92(134)119-82(57-67(13)14)99(141)123-83(58-68(15)16)100(142)125-84(59-69-35-19-17-20-36-69)101(143)124-77(52-62(3)4)94(136)113-71(37-22-28-44-102)88(130)111-60-86(128)110-50-34-18-21-43-85(127)126-109/h17,19-20,35-36,61-68,70-84H,18,21-34,37-60,102-109H2,1-16H3,(H,110,128)(H,111,130)(H,112,129)(H,113,136)(H,114,131)(H,115,132)(H,116,137)(H,117,138)(H,118,133)(H,119,134)(H,120,135)(H,121,140)(H,122,139)(H,123,141)(H,124,143)(H,125,142)(H,126,127)/t70-,71-,72-,73-,74-,75-,76-,77-,78-,79-,80-,81-,82-,83-,84-/m0/s1. The molecule has 143 heavy (non-hydrogen) atoms. The van der Waals surface area contributed by atoms with E-state index in [1.54, 1.807) is 30.3 Å². The molecule has 0 saturated carbocycles. The minimum absolute atomic E-state index is 0.00648. The van der Waals surface area contributed by atoms with Crippen molar-refractivity contribution in [1.29, 1.82) is 0 Å². The molecule has 0 bridgehead atoms. The number of carbonyl (C=O) groups is 17. The van der Waals surface area contributed by atoms with E-state index in [0.29, 0.717) is 128 Å². The van der Waals surface area contributed by atoms with Gasteiger partial charge in [-0.2, -0.15) is 0 Å². The van der Waals surface area contributed by atoms with Crippen molar-refractivity contribution >= 4 is 100 Å². The van der Waals surface area contributed by atoms with Gasteiger partial charge in [0.1, 0.15) is 84.6 Å². The molecule has 0 aliphatic rings. The SMILES string of the molecule is CC(C)C[C@H](NC(=O)[C@H](Cc1ccccc1)NC(=O)[C@H](CC(C)C)NC(=O)[C@H](CC(C)C)NC(=O)[C@H](CCCCN)NC(=O)[C@H](CCCCN)NC(=O)[C@H](CC(C)C)NC(=O)[C@H](CC(C)C)NC(=O)[C@H](CCCCN)NC(=O)[C@H](CC(C)C)NC(=O)[C@H](CC(C)C)NC(=O)[C@H](CCCCN)NC(=O)[C@H](CCCCN)NC(=O)[C@@H](N)CC(C)C)C(=O)N[C@@H](CCCCN)C(=O)NCC(=O)NCCCCCC(=O)NN. The maximum absolute atomic E-state index is 15.0. The fraction of sp³-hybridized carbons (Fsp3) is 0.772. The molecule has 0 radical (unpaired) electrons. The van der Waals surface area contributed by atoms with Crippen LogP contribution in [0.5, 0.6) is 0 Å². The fourth-order valence-corrected chi connectivity index (χ4v) is 16.2.